The van der Waals surface area contributed by atoms with E-state index in [0.29, 0.717) is 5.82 Å². The molecule has 0 fully saturated rings. The summed E-state index contributed by atoms with van der Waals surface area (Å²) in [6.45, 7) is 1.68. The molecule has 14 heavy (non-hydrogen) atoms. The molecule has 0 atom stereocenters. The van der Waals surface area contributed by atoms with E-state index in [1.165, 1.54) is 19.3 Å². The van der Waals surface area contributed by atoms with Crippen molar-refractivity contribution in [2.45, 2.75) is 6.92 Å². The van der Waals surface area contributed by atoms with E-state index < -0.39 is 0 Å². The topological polar surface area (TPSA) is 75.1 Å². The molecule has 0 spiro atoms. The van der Waals surface area contributed by atoms with Crippen LogP contribution in [0.1, 0.15) is 12.7 Å². The Kier molecular flexibility index (Phi) is 3.44. The van der Waals surface area contributed by atoms with E-state index in [-0.39, 0.29) is 18.2 Å². The Morgan fingerprint density at radius 2 is 2.21 bits per heavy atom. The molecule has 0 radical (unpaired) electrons. The van der Waals surface area contributed by atoms with Gasteiger partial charge in [0.15, 0.2) is 5.75 Å². The van der Waals surface area contributed by atoms with Gasteiger partial charge in [-0.15, -0.1) is 0 Å². The van der Waals surface area contributed by atoms with E-state index in [2.05, 4.69) is 27.1 Å². The number of carbonyl (C=O) groups excluding carboxylic acids is 1. The fraction of sp³-hybridized carbons (Fsp3) is 0.222. The fourth-order valence-corrected chi connectivity index (χ4v) is 0.678. The first kappa shape index (κ1) is 9.99. The lowest BCUT2D eigenvalue weighted by Gasteiger charge is -1.91. The molecule has 1 rings (SSSR count). The van der Waals surface area contributed by atoms with Crippen molar-refractivity contribution >= 4 is 5.91 Å². The third-order valence-corrected chi connectivity index (χ3v) is 1.26. The van der Waals surface area contributed by atoms with Crippen LogP contribution in [0.4, 0.5) is 0 Å². The van der Waals surface area contributed by atoms with Gasteiger partial charge in [-0.1, -0.05) is 5.92 Å². The summed E-state index contributed by atoms with van der Waals surface area (Å²) in [7, 11) is 0. The molecular weight excluding hydrogens is 182 g/mol. The van der Waals surface area contributed by atoms with Crippen molar-refractivity contribution in [3.8, 4) is 17.6 Å². The van der Waals surface area contributed by atoms with E-state index in [1.807, 2.05) is 0 Å². The maximum Gasteiger partial charge on any atom is 0.217 e. The molecule has 0 aliphatic rings. The summed E-state index contributed by atoms with van der Waals surface area (Å²) < 4.78 is 0. The maximum atomic E-state index is 10.5. The predicted octanol–water partition coefficient (Wildman–Crippen LogP) is -0.330. The second kappa shape index (κ2) is 4.82. The molecule has 0 aliphatic carbocycles. The van der Waals surface area contributed by atoms with Crippen molar-refractivity contribution < 1.29 is 9.90 Å². The van der Waals surface area contributed by atoms with Gasteiger partial charge in [0.2, 0.25) is 11.7 Å². The molecule has 0 aromatic carbocycles. The minimum atomic E-state index is -0.133. The molecule has 72 valence electrons. The average Bonchev–Trinajstić information content (AvgIpc) is 2.15. The van der Waals surface area contributed by atoms with E-state index >= 15 is 0 Å². The molecule has 0 aliphatic heterocycles. The predicted molar refractivity (Wildman–Crippen MR) is 49.3 cm³/mol. The van der Waals surface area contributed by atoms with Crippen LogP contribution in [0.5, 0.6) is 5.75 Å². The van der Waals surface area contributed by atoms with Crippen molar-refractivity contribution in [2.24, 2.45) is 0 Å². The number of nitrogens with zero attached hydrogens (tertiary/aromatic N) is 2. The number of amides is 1. The molecule has 1 heterocycles. The minimum Gasteiger partial charge on any atom is -0.505 e. The van der Waals surface area contributed by atoms with Gasteiger partial charge in [0.1, 0.15) is 0 Å². The molecule has 5 nitrogen and oxygen atoms in total. The Labute approximate surface area is 81.2 Å². The third kappa shape index (κ3) is 3.54. The molecule has 5 heteroatoms. The molecule has 0 saturated heterocycles. The molecule has 1 aromatic heterocycles. The Balaban J connectivity index is 2.51. The number of aromatic hydroxyl groups is 1. The van der Waals surface area contributed by atoms with Gasteiger partial charge in [-0.2, -0.15) is 0 Å². The van der Waals surface area contributed by atoms with Gasteiger partial charge in [-0.3, -0.25) is 4.79 Å². The highest BCUT2D eigenvalue weighted by molar-refractivity contribution is 5.73. The summed E-state index contributed by atoms with van der Waals surface area (Å²) in [4.78, 5) is 18.0. The van der Waals surface area contributed by atoms with Crippen molar-refractivity contribution in [2.75, 3.05) is 6.54 Å². The van der Waals surface area contributed by atoms with Crippen molar-refractivity contribution in [3.05, 3.63) is 18.2 Å². The molecule has 1 aromatic rings. The highest BCUT2D eigenvalue weighted by atomic mass is 16.3. The van der Waals surface area contributed by atoms with Gasteiger partial charge in [0.25, 0.3) is 0 Å². The normalized spacial score (nSPS) is 8.64. The van der Waals surface area contributed by atoms with Crippen LogP contribution in [0, 0.1) is 11.8 Å². The zero-order valence-electron chi connectivity index (χ0n) is 7.61. The van der Waals surface area contributed by atoms with Gasteiger partial charge < -0.3 is 10.4 Å². The lowest BCUT2D eigenvalue weighted by molar-refractivity contribution is -0.118. The van der Waals surface area contributed by atoms with Crippen LogP contribution in [0.25, 0.3) is 0 Å². The Hall–Kier alpha value is -2.09. The van der Waals surface area contributed by atoms with Crippen molar-refractivity contribution in [1.82, 2.24) is 15.3 Å². The summed E-state index contributed by atoms with van der Waals surface area (Å²) in [6.07, 6.45) is 2.52. The van der Waals surface area contributed by atoms with Crippen LogP contribution in [-0.2, 0) is 4.79 Å². The first-order valence-electron chi connectivity index (χ1n) is 3.93. The minimum absolute atomic E-state index is 0.00240. The first-order valence-corrected chi connectivity index (χ1v) is 3.93. The molecule has 2 N–H and O–H groups in total. The second-order valence-corrected chi connectivity index (χ2v) is 2.48. The van der Waals surface area contributed by atoms with E-state index in [9.17, 15) is 4.79 Å². The number of hydrogen-bond donors (Lipinski definition) is 2. The van der Waals surface area contributed by atoms with Crippen LogP contribution in [0.2, 0.25) is 0 Å². The van der Waals surface area contributed by atoms with Gasteiger partial charge in [0.05, 0.1) is 18.9 Å². The standard InChI is InChI=1S/C9H9N3O2/c1-7(13)10-4-2-3-9-11-5-8(14)6-12-9/h5-6,14H,4H2,1H3,(H,10,13). The molecule has 1 amide bonds. The Bertz CT molecular complexity index is 375. The fourth-order valence-electron chi connectivity index (χ4n) is 0.678. The lowest BCUT2D eigenvalue weighted by atomic mass is 10.5. The largest absolute Gasteiger partial charge is 0.505 e. The van der Waals surface area contributed by atoms with Crippen LogP contribution in [0.3, 0.4) is 0 Å². The quantitative estimate of drug-likeness (QED) is 0.596. The van der Waals surface area contributed by atoms with Crippen LogP contribution < -0.4 is 5.32 Å². The van der Waals surface area contributed by atoms with Crippen LogP contribution >= 0.6 is 0 Å². The Morgan fingerprint density at radius 1 is 1.57 bits per heavy atom. The van der Waals surface area contributed by atoms with Gasteiger partial charge in [0, 0.05) is 6.92 Å². The number of aromatic nitrogens is 2. The smallest absolute Gasteiger partial charge is 0.217 e. The second-order valence-electron chi connectivity index (χ2n) is 2.48. The van der Waals surface area contributed by atoms with Gasteiger partial charge in [-0.05, 0) is 5.92 Å². The first-order chi connectivity index (χ1) is 6.68. The van der Waals surface area contributed by atoms with E-state index in [1.54, 1.807) is 0 Å². The zero-order chi connectivity index (χ0) is 10.4. The van der Waals surface area contributed by atoms with Crippen LogP contribution in [-0.4, -0.2) is 27.5 Å². The molecule has 0 unspecified atom stereocenters. The molecular formula is C9H9N3O2. The van der Waals surface area contributed by atoms with Gasteiger partial charge in [-0.25, -0.2) is 9.97 Å². The van der Waals surface area contributed by atoms with Crippen molar-refractivity contribution in [1.29, 1.82) is 0 Å². The SMILES string of the molecule is CC(=O)NCC#Cc1ncc(O)cn1. The highest BCUT2D eigenvalue weighted by Gasteiger charge is 1.90. The highest BCUT2D eigenvalue weighted by Crippen LogP contribution is 2.00. The Morgan fingerprint density at radius 3 is 2.79 bits per heavy atom. The zero-order valence-corrected chi connectivity index (χ0v) is 7.61. The molecule has 0 saturated carbocycles. The average molecular weight is 191 g/mol. The van der Waals surface area contributed by atoms with Crippen LogP contribution in [0.15, 0.2) is 12.4 Å². The number of nitrogens with one attached hydrogen (secondary N) is 1. The summed E-state index contributed by atoms with van der Waals surface area (Å²) in [5.74, 6) is 5.47. The number of rotatable bonds is 1. The third-order valence-electron chi connectivity index (χ3n) is 1.26. The summed E-state index contributed by atoms with van der Waals surface area (Å²) in [5.41, 5.74) is 0. The summed E-state index contributed by atoms with van der Waals surface area (Å²) >= 11 is 0. The van der Waals surface area contributed by atoms with E-state index in [4.69, 9.17) is 5.11 Å². The lowest BCUT2D eigenvalue weighted by Crippen LogP contribution is -2.19. The maximum absolute atomic E-state index is 10.5. The van der Waals surface area contributed by atoms with Crippen molar-refractivity contribution in [3.63, 3.8) is 0 Å². The number of carbonyl (C=O) groups is 1. The summed E-state index contributed by atoms with van der Waals surface area (Å²) in [5, 5.41) is 11.4. The molecule has 0 bridgehead atoms. The van der Waals surface area contributed by atoms with Gasteiger partial charge >= 0.3 is 0 Å². The monoisotopic (exact) mass is 191 g/mol. The van der Waals surface area contributed by atoms with E-state index in [0.717, 1.165) is 0 Å². The summed E-state index contributed by atoms with van der Waals surface area (Å²) in [6, 6.07) is 0. The number of hydrogen-bond acceptors (Lipinski definition) is 4.